The van der Waals surface area contributed by atoms with E-state index in [9.17, 15) is 4.79 Å². The fourth-order valence-corrected chi connectivity index (χ4v) is 2.27. The molecule has 5 nitrogen and oxygen atoms in total. The highest BCUT2D eigenvalue weighted by molar-refractivity contribution is 5.72. The Balaban J connectivity index is 2.48. The van der Waals surface area contributed by atoms with Crippen molar-refractivity contribution >= 4 is 5.97 Å². The molecular formula is C13H26N2O3. The predicted octanol–water partition coefficient (Wildman–Crippen LogP) is 0.766. The molecule has 18 heavy (non-hydrogen) atoms. The summed E-state index contributed by atoms with van der Waals surface area (Å²) in [6.07, 6.45) is 2.08. The van der Waals surface area contributed by atoms with E-state index in [4.69, 9.17) is 15.2 Å². The Labute approximate surface area is 110 Å². The molecule has 0 amide bonds. The van der Waals surface area contributed by atoms with Gasteiger partial charge in [0, 0.05) is 26.2 Å². The minimum atomic E-state index is -0.430. The highest BCUT2D eigenvalue weighted by Crippen LogP contribution is 2.19. The van der Waals surface area contributed by atoms with Crippen LogP contribution in [0.4, 0.5) is 0 Å². The molecule has 106 valence electrons. The number of carbonyl (C=O) groups excluding carboxylic acids is 1. The molecule has 2 N–H and O–H groups in total. The van der Waals surface area contributed by atoms with Gasteiger partial charge in [0.25, 0.3) is 0 Å². The van der Waals surface area contributed by atoms with Gasteiger partial charge in [-0.1, -0.05) is 0 Å². The van der Waals surface area contributed by atoms with Gasteiger partial charge in [-0.15, -0.1) is 0 Å². The van der Waals surface area contributed by atoms with Gasteiger partial charge >= 0.3 is 5.97 Å². The molecule has 1 fully saturated rings. The van der Waals surface area contributed by atoms with Gasteiger partial charge in [0.15, 0.2) is 0 Å². The Morgan fingerprint density at radius 1 is 1.44 bits per heavy atom. The molecule has 1 heterocycles. The fourth-order valence-electron chi connectivity index (χ4n) is 2.27. The molecule has 0 radical (unpaired) electrons. The molecule has 1 rings (SSSR count). The second-order valence-electron chi connectivity index (χ2n) is 5.83. The molecular weight excluding hydrogens is 232 g/mol. The van der Waals surface area contributed by atoms with Crippen LogP contribution in [0.2, 0.25) is 0 Å². The van der Waals surface area contributed by atoms with Crippen molar-refractivity contribution in [2.75, 3.05) is 26.7 Å². The van der Waals surface area contributed by atoms with Crippen LogP contribution in [0.3, 0.4) is 0 Å². The number of nitrogens with zero attached hydrogens (tertiary/aromatic N) is 1. The number of nitrogens with two attached hydrogens (primary N) is 1. The molecule has 0 aromatic rings. The number of esters is 1. The van der Waals surface area contributed by atoms with Crippen LogP contribution in [0.1, 0.15) is 33.6 Å². The Morgan fingerprint density at radius 2 is 2.11 bits per heavy atom. The zero-order valence-corrected chi connectivity index (χ0v) is 11.9. The molecule has 0 saturated carbocycles. The van der Waals surface area contributed by atoms with E-state index >= 15 is 0 Å². The number of piperidine rings is 1. The molecule has 2 unspecified atom stereocenters. The lowest BCUT2D eigenvalue weighted by molar-refractivity contribution is -0.157. The topological polar surface area (TPSA) is 64.8 Å². The van der Waals surface area contributed by atoms with Crippen LogP contribution >= 0.6 is 0 Å². The summed E-state index contributed by atoms with van der Waals surface area (Å²) >= 11 is 0. The van der Waals surface area contributed by atoms with Crippen LogP contribution in [-0.4, -0.2) is 55.4 Å². The summed E-state index contributed by atoms with van der Waals surface area (Å²) < 4.78 is 10.7. The first-order valence-corrected chi connectivity index (χ1v) is 6.54. The number of hydrogen-bond acceptors (Lipinski definition) is 5. The lowest BCUT2D eigenvalue weighted by Crippen LogP contribution is -2.50. The summed E-state index contributed by atoms with van der Waals surface area (Å²) in [6.45, 7) is 7.32. The summed E-state index contributed by atoms with van der Waals surface area (Å²) in [5, 5.41) is 0. The molecule has 1 aliphatic rings. The van der Waals surface area contributed by atoms with Gasteiger partial charge in [-0.25, -0.2) is 0 Å². The number of methoxy groups -OCH3 is 1. The molecule has 0 bridgehead atoms. The van der Waals surface area contributed by atoms with Crippen LogP contribution in [0.5, 0.6) is 0 Å². The van der Waals surface area contributed by atoms with E-state index in [0.29, 0.717) is 13.1 Å². The third-order valence-corrected chi connectivity index (χ3v) is 3.15. The summed E-state index contributed by atoms with van der Waals surface area (Å²) in [5.41, 5.74) is 5.33. The normalized spacial score (nSPS) is 26.1. The third kappa shape index (κ3) is 4.92. The maximum Gasteiger partial charge on any atom is 0.320 e. The summed E-state index contributed by atoms with van der Waals surface area (Å²) in [5.74, 6) is -0.184. The van der Waals surface area contributed by atoms with Crippen molar-refractivity contribution in [2.45, 2.75) is 51.4 Å². The molecule has 0 aromatic carbocycles. The smallest absolute Gasteiger partial charge is 0.320 e. The summed E-state index contributed by atoms with van der Waals surface area (Å²) in [7, 11) is 1.72. The van der Waals surface area contributed by atoms with Gasteiger partial charge in [0.2, 0.25) is 0 Å². The number of likely N-dealkylation sites (tertiary alicyclic amines) is 1. The molecule has 5 heteroatoms. The van der Waals surface area contributed by atoms with Gasteiger partial charge in [-0.3, -0.25) is 9.69 Å². The zero-order chi connectivity index (χ0) is 13.8. The van der Waals surface area contributed by atoms with Gasteiger partial charge in [-0.05, 0) is 33.6 Å². The zero-order valence-electron chi connectivity index (χ0n) is 11.9. The third-order valence-electron chi connectivity index (χ3n) is 3.15. The Hall–Kier alpha value is -0.650. The molecule has 0 spiro atoms. The monoisotopic (exact) mass is 258 g/mol. The maximum absolute atomic E-state index is 11.8. The van der Waals surface area contributed by atoms with E-state index in [1.54, 1.807) is 7.11 Å². The van der Waals surface area contributed by atoms with Crippen LogP contribution in [0.15, 0.2) is 0 Å². The largest absolute Gasteiger partial charge is 0.459 e. The lowest BCUT2D eigenvalue weighted by atomic mass is 9.99. The Bertz CT molecular complexity index is 276. The van der Waals surface area contributed by atoms with Crippen LogP contribution in [-0.2, 0) is 14.3 Å². The van der Waals surface area contributed by atoms with Crippen molar-refractivity contribution < 1.29 is 14.3 Å². The van der Waals surface area contributed by atoms with E-state index in [2.05, 4.69) is 4.90 Å². The van der Waals surface area contributed by atoms with Gasteiger partial charge in [0.05, 0.1) is 12.6 Å². The van der Waals surface area contributed by atoms with Crippen molar-refractivity contribution in [1.82, 2.24) is 4.90 Å². The average molecular weight is 258 g/mol. The molecule has 0 aliphatic carbocycles. The first-order valence-electron chi connectivity index (χ1n) is 6.54. The van der Waals surface area contributed by atoms with Crippen molar-refractivity contribution in [1.29, 1.82) is 0 Å². The van der Waals surface area contributed by atoms with Crippen LogP contribution in [0, 0.1) is 0 Å². The van der Waals surface area contributed by atoms with Crippen molar-refractivity contribution in [2.24, 2.45) is 5.73 Å². The van der Waals surface area contributed by atoms with Crippen molar-refractivity contribution in [3.8, 4) is 0 Å². The van der Waals surface area contributed by atoms with E-state index in [-0.39, 0.29) is 18.1 Å². The summed E-state index contributed by atoms with van der Waals surface area (Å²) in [4.78, 5) is 13.9. The first kappa shape index (κ1) is 15.4. The second-order valence-corrected chi connectivity index (χ2v) is 5.83. The van der Waals surface area contributed by atoms with Crippen LogP contribution in [0.25, 0.3) is 0 Å². The quantitative estimate of drug-likeness (QED) is 0.754. The second kappa shape index (κ2) is 6.50. The SMILES string of the molecule is COC1CCN(CC(=O)OC(C)(C)C)C(CN)C1. The van der Waals surface area contributed by atoms with E-state index in [1.165, 1.54) is 0 Å². The summed E-state index contributed by atoms with van der Waals surface area (Å²) in [6, 6.07) is 0.205. The van der Waals surface area contributed by atoms with E-state index < -0.39 is 5.60 Å². The van der Waals surface area contributed by atoms with Gasteiger partial charge in [0.1, 0.15) is 5.60 Å². The first-order chi connectivity index (χ1) is 8.35. The average Bonchev–Trinajstić information content (AvgIpc) is 2.27. The Kier molecular flexibility index (Phi) is 5.56. The van der Waals surface area contributed by atoms with E-state index in [0.717, 1.165) is 19.4 Å². The van der Waals surface area contributed by atoms with Gasteiger partial charge in [-0.2, -0.15) is 0 Å². The number of ether oxygens (including phenoxy) is 2. The predicted molar refractivity (Wildman–Crippen MR) is 70.3 cm³/mol. The molecule has 2 atom stereocenters. The van der Waals surface area contributed by atoms with Gasteiger partial charge < -0.3 is 15.2 Å². The highest BCUT2D eigenvalue weighted by Gasteiger charge is 2.30. The van der Waals surface area contributed by atoms with Crippen LogP contribution < -0.4 is 5.73 Å². The number of rotatable bonds is 4. The van der Waals surface area contributed by atoms with Crippen molar-refractivity contribution in [3.05, 3.63) is 0 Å². The molecule has 0 aromatic heterocycles. The minimum Gasteiger partial charge on any atom is -0.459 e. The van der Waals surface area contributed by atoms with E-state index in [1.807, 2.05) is 20.8 Å². The van der Waals surface area contributed by atoms with Crippen molar-refractivity contribution in [3.63, 3.8) is 0 Å². The molecule has 1 saturated heterocycles. The fraction of sp³-hybridized carbons (Fsp3) is 0.923. The lowest BCUT2D eigenvalue weighted by Gasteiger charge is -2.38. The minimum absolute atomic E-state index is 0.184. The Morgan fingerprint density at radius 3 is 2.61 bits per heavy atom. The standard InChI is InChI=1S/C13H26N2O3/c1-13(2,3)18-12(16)9-15-6-5-11(17-4)7-10(15)8-14/h10-11H,5-9,14H2,1-4H3. The highest BCUT2D eigenvalue weighted by atomic mass is 16.6. The molecule has 1 aliphatic heterocycles. The maximum atomic E-state index is 11.8. The number of hydrogen-bond donors (Lipinski definition) is 1. The number of carbonyl (C=O) groups is 1.